The first-order chi connectivity index (χ1) is 7.44. The van der Waals surface area contributed by atoms with E-state index in [1.165, 1.54) is 12.0 Å². The molecule has 0 radical (unpaired) electrons. The number of amides is 1. The molecule has 1 saturated carbocycles. The van der Waals surface area contributed by atoms with Crippen LogP contribution in [0.4, 0.5) is 18.0 Å². The van der Waals surface area contributed by atoms with Crippen LogP contribution in [0.3, 0.4) is 0 Å². The molecule has 0 saturated heterocycles. The highest BCUT2D eigenvalue weighted by atomic mass is 19.4. The zero-order valence-corrected chi connectivity index (χ0v) is 8.92. The molecule has 0 bridgehead atoms. The lowest BCUT2D eigenvalue weighted by atomic mass is 10.5. The van der Waals surface area contributed by atoms with Gasteiger partial charge >= 0.3 is 12.3 Å². The summed E-state index contributed by atoms with van der Waals surface area (Å²) in [5, 5.41) is 0. The van der Waals surface area contributed by atoms with Crippen molar-refractivity contribution in [2.45, 2.75) is 25.1 Å². The van der Waals surface area contributed by atoms with Crippen LogP contribution in [0.15, 0.2) is 0 Å². The van der Waals surface area contributed by atoms with Crippen molar-refractivity contribution in [3.63, 3.8) is 0 Å². The summed E-state index contributed by atoms with van der Waals surface area (Å²) in [5.74, 6) is 0. The van der Waals surface area contributed by atoms with Crippen LogP contribution in [0.25, 0.3) is 0 Å². The second kappa shape index (κ2) is 5.38. The van der Waals surface area contributed by atoms with E-state index in [1.807, 2.05) is 0 Å². The van der Waals surface area contributed by atoms with Gasteiger partial charge in [-0.05, 0) is 12.8 Å². The van der Waals surface area contributed by atoms with E-state index in [-0.39, 0.29) is 19.2 Å². The third kappa shape index (κ3) is 4.69. The van der Waals surface area contributed by atoms with Crippen molar-refractivity contribution >= 4 is 6.09 Å². The van der Waals surface area contributed by atoms with Crippen LogP contribution in [0.5, 0.6) is 0 Å². The number of hydrogen-bond acceptors (Lipinski definition) is 3. The molecule has 0 N–H and O–H groups in total. The zero-order chi connectivity index (χ0) is 12.2. The van der Waals surface area contributed by atoms with E-state index in [1.54, 1.807) is 0 Å². The van der Waals surface area contributed by atoms with Crippen LogP contribution >= 0.6 is 0 Å². The Balaban J connectivity index is 2.35. The van der Waals surface area contributed by atoms with Crippen molar-refractivity contribution in [2.24, 2.45) is 0 Å². The molecule has 0 aromatic heterocycles. The standard InChI is InChI=1S/C9H14F3NO3/c1-15-5-4-13(7-2-3-7)8(14)16-6-9(10,11)12/h7H,2-6H2,1H3. The molecule has 94 valence electrons. The Morgan fingerprint density at radius 3 is 2.50 bits per heavy atom. The lowest BCUT2D eigenvalue weighted by Gasteiger charge is -2.21. The van der Waals surface area contributed by atoms with Crippen molar-refractivity contribution in [1.29, 1.82) is 0 Å². The Morgan fingerprint density at radius 2 is 2.06 bits per heavy atom. The van der Waals surface area contributed by atoms with E-state index >= 15 is 0 Å². The average molecular weight is 241 g/mol. The Morgan fingerprint density at radius 1 is 1.44 bits per heavy atom. The molecule has 1 amide bonds. The highest BCUT2D eigenvalue weighted by molar-refractivity contribution is 5.68. The van der Waals surface area contributed by atoms with Gasteiger partial charge in [-0.25, -0.2) is 4.79 Å². The van der Waals surface area contributed by atoms with Gasteiger partial charge in [0.15, 0.2) is 6.61 Å². The van der Waals surface area contributed by atoms with Crippen LogP contribution in [0.2, 0.25) is 0 Å². The fraction of sp³-hybridized carbons (Fsp3) is 0.889. The van der Waals surface area contributed by atoms with Gasteiger partial charge in [0.2, 0.25) is 0 Å². The molecule has 0 aromatic rings. The molecule has 0 heterocycles. The fourth-order valence-corrected chi connectivity index (χ4v) is 1.23. The Kier molecular flexibility index (Phi) is 4.40. The number of carbonyl (C=O) groups is 1. The molecule has 0 aliphatic heterocycles. The van der Waals surface area contributed by atoms with Gasteiger partial charge in [0.05, 0.1) is 6.61 Å². The molecular weight excluding hydrogens is 227 g/mol. The van der Waals surface area contributed by atoms with Crippen molar-refractivity contribution in [1.82, 2.24) is 4.90 Å². The second-order valence-corrected chi connectivity index (χ2v) is 3.59. The molecule has 1 aliphatic carbocycles. The minimum atomic E-state index is -4.48. The van der Waals surface area contributed by atoms with Crippen LogP contribution in [-0.4, -0.2) is 50.1 Å². The van der Waals surface area contributed by atoms with Crippen molar-refractivity contribution in [2.75, 3.05) is 26.9 Å². The summed E-state index contributed by atoms with van der Waals surface area (Å²) >= 11 is 0. The van der Waals surface area contributed by atoms with Gasteiger partial charge in [0.1, 0.15) is 0 Å². The summed E-state index contributed by atoms with van der Waals surface area (Å²) < 4.78 is 44.4. The number of halogens is 3. The second-order valence-electron chi connectivity index (χ2n) is 3.59. The Bertz CT molecular complexity index is 241. The van der Waals surface area contributed by atoms with E-state index in [9.17, 15) is 18.0 Å². The molecule has 4 nitrogen and oxygen atoms in total. The first-order valence-corrected chi connectivity index (χ1v) is 4.93. The summed E-state index contributed by atoms with van der Waals surface area (Å²) in [6, 6.07) is 0.0101. The number of alkyl halides is 3. The van der Waals surface area contributed by atoms with E-state index in [2.05, 4.69) is 4.74 Å². The first-order valence-electron chi connectivity index (χ1n) is 4.93. The largest absolute Gasteiger partial charge is 0.440 e. The highest BCUT2D eigenvalue weighted by Gasteiger charge is 2.36. The van der Waals surface area contributed by atoms with Crippen LogP contribution in [0, 0.1) is 0 Å². The lowest BCUT2D eigenvalue weighted by molar-refractivity contribution is -0.162. The lowest BCUT2D eigenvalue weighted by Crippen LogP contribution is -2.37. The van der Waals surface area contributed by atoms with Gasteiger partial charge in [0.25, 0.3) is 0 Å². The maximum Gasteiger partial charge on any atom is 0.422 e. The van der Waals surface area contributed by atoms with Crippen molar-refractivity contribution in [3.05, 3.63) is 0 Å². The van der Waals surface area contributed by atoms with Gasteiger partial charge < -0.3 is 14.4 Å². The SMILES string of the molecule is COCCN(C(=O)OCC(F)(F)F)C1CC1. The smallest absolute Gasteiger partial charge is 0.422 e. The molecule has 0 aromatic carbocycles. The highest BCUT2D eigenvalue weighted by Crippen LogP contribution is 2.27. The molecule has 7 heteroatoms. The monoisotopic (exact) mass is 241 g/mol. The third-order valence-corrected chi connectivity index (χ3v) is 2.12. The molecule has 1 rings (SSSR count). The maximum atomic E-state index is 11.8. The predicted molar refractivity (Wildman–Crippen MR) is 49.0 cm³/mol. The number of ether oxygens (including phenoxy) is 2. The van der Waals surface area contributed by atoms with Gasteiger partial charge in [-0.1, -0.05) is 0 Å². The quantitative estimate of drug-likeness (QED) is 0.736. The third-order valence-electron chi connectivity index (χ3n) is 2.12. The Labute approximate surface area is 91.3 Å². The van der Waals surface area contributed by atoms with Gasteiger partial charge in [-0.15, -0.1) is 0 Å². The number of carbonyl (C=O) groups excluding carboxylic acids is 1. The van der Waals surface area contributed by atoms with E-state index in [0.29, 0.717) is 0 Å². The molecule has 0 unspecified atom stereocenters. The number of methoxy groups -OCH3 is 1. The molecule has 1 aliphatic rings. The normalized spacial score (nSPS) is 16.0. The average Bonchev–Trinajstić information content (AvgIpc) is 2.98. The van der Waals surface area contributed by atoms with Crippen LogP contribution in [0.1, 0.15) is 12.8 Å². The fourth-order valence-electron chi connectivity index (χ4n) is 1.23. The minimum absolute atomic E-state index is 0.0101. The van der Waals surface area contributed by atoms with Crippen molar-refractivity contribution in [3.8, 4) is 0 Å². The van der Waals surface area contributed by atoms with Crippen LogP contribution < -0.4 is 0 Å². The van der Waals surface area contributed by atoms with Gasteiger partial charge in [0, 0.05) is 19.7 Å². The summed E-state index contributed by atoms with van der Waals surface area (Å²) in [5.41, 5.74) is 0. The topological polar surface area (TPSA) is 38.8 Å². The first kappa shape index (κ1) is 13.1. The zero-order valence-electron chi connectivity index (χ0n) is 8.92. The molecule has 0 spiro atoms. The molecule has 1 fully saturated rings. The Hall–Kier alpha value is -0.980. The van der Waals surface area contributed by atoms with Gasteiger partial charge in [-0.2, -0.15) is 13.2 Å². The molecular formula is C9H14F3NO3. The van der Waals surface area contributed by atoms with E-state index < -0.39 is 18.9 Å². The predicted octanol–water partition coefficient (Wildman–Crippen LogP) is 1.80. The summed E-state index contributed by atoms with van der Waals surface area (Å²) in [4.78, 5) is 12.6. The van der Waals surface area contributed by atoms with E-state index in [0.717, 1.165) is 12.8 Å². The number of nitrogens with zero attached hydrogens (tertiary/aromatic N) is 1. The molecule has 16 heavy (non-hydrogen) atoms. The summed E-state index contributed by atoms with van der Waals surface area (Å²) in [7, 11) is 1.46. The number of rotatable bonds is 5. The maximum absolute atomic E-state index is 11.8. The summed E-state index contributed by atoms with van der Waals surface area (Å²) in [6.07, 6.45) is -3.78. The number of hydrogen-bond donors (Lipinski definition) is 0. The molecule has 0 atom stereocenters. The van der Waals surface area contributed by atoms with E-state index in [4.69, 9.17) is 4.74 Å². The minimum Gasteiger partial charge on any atom is -0.440 e. The van der Waals surface area contributed by atoms with Crippen LogP contribution in [-0.2, 0) is 9.47 Å². The summed E-state index contributed by atoms with van der Waals surface area (Å²) in [6.45, 7) is -0.989. The van der Waals surface area contributed by atoms with Gasteiger partial charge in [-0.3, -0.25) is 0 Å². The van der Waals surface area contributed by atoms with Crippen molar-refractivity contribution < 1.29 is 27.4 Å².